The third-order valence-corrected chi connectivity index (χ3v) is 3.53. The zero-order valence-corrected chi connectivity index (χ0v) is 10.7. The number of rotatable bonds is 3. The van der Waals surface area contributed by atoms with Crippen LogP contribution in [0.3, 0.4) is 0 Å². The molecule has 0 saturated heterocycles. The molecule has 0 radical (unpaired) electrons. The van der Waals surface area contributed by atoms with Crippen LogP contribution in [0.2, 0.25) is 0 Å². The first-order valence-corrected chi connectivity index (χ1v) is 6.44. The van der Waals surface area contributed by atoms with Gasteiger partial charge < -0.3 is 5.73 Å². The van der Waals surface area contributed by atoms with Crippen molar-refractivity contribution in [3.05, 3.63) is 59.2 Å². The summed E-state index contributed by atoms with van der Waals surface area (Å²) in [6, 6.07) is 10.6. The fraction of sp³-hybridized carbons (Fsp3) is 0.0714. The first kappa shape index (κ1) is 13.4. The summed E-state index contributed by atoms with van der Waals surface area (Å²) in [4.78, 5) is 0.703. The third-order valence-electron chi connectivity index (χ3n) is 2.46. The number of hydrogen-bond donors (Lipinski definition) is 1. The van der Waals surface area contributed by atoms with E-state index in [1.165, 1.54) is 36.0 Å². The van der Waals surface area contributed by atoms with Gasteiger partial charge in [0.15, 0.2) is 0 Å². The van der Waals surface area contributed by atoms with Gasteiger partial charge in [0.25, 0.3) is 0 Å². The smallest absolute Gasteiger partial charge is 0.147 e. The maximum atomic E-state index is 13.2. The minimum absolute atomic E-state index is 0.0990. The average molecular weight is 276 g/mol. The van der Waals surface area contributed by atoms with Gasteiger partial charge in [0.1, 0.15) is 11.6 Å². The van der Waals surface area contributed by atoms with Gasteiger partial charge in [-0.3, -0.25) is 0 Å². The Morgan fingerprint density at radius 1 is 1.16 bits per heavy atom. The van der Waals surface area contributed by atoms with Gasteiger partial charge in [0.05, 0.1) is 17.3 Å². The number of hydrogen-bond acceptors (Lipinski definition) is 3. The van der Waals surface area contributed by atoms with Crippen LogP contribution in [0.25, 0.3) is 0 Å². The van der Waals surface area contributed by atoms with Crippen LogP contribution in [0.15, 0.2) is 41.3 Å². The zero-order chi connectivity index (χ0) is 13.8. The highest BCUT2D eigenvalue weighted by Gasteiger charge is 2.04. The molecule has 0 heterocycles. The second kappa shape index (κ2) is 5.72. The number of thioether (sulfide) groups is 1. The molecule has 0 aliphatic carbocycles. The van der Waals surface area contributed by atoms with Crippen molar-refractivity contribution in [3.63, 3.8) is 0 Å². The molecule has 0 saturated carbocycles. The second-order valence-corrected chi connectivity index (χ2v) is 4.98. The molecule has 0 bridgehead atoms. The van der Waals surface area contributed by atoms with Crippen LogP contribution >= 0.6 is 11.8 Å². The Hall–Kier alpha value is -2.06. The minimum Gasteiger partial charge on any atom is -0.396 e. The van der Waals surface area contributed by atoms with Crippen molar-refractivity contribution in [2.45, 2.75) is 10.6 Å². The molecule has 2 aromatic carbocycles. The highest BCUT2D eigenvalue weighted by atomic mass is 32.2. The molecule has 2 nitrogen and oxygen atoms in total. The van der Waals surface area contributed by atoms with Crippen LogP contribution in [0, 0.1) is 23.0 Å². The van der Waals surface area contributed by atoms with Gasteiger partial charge in [0, 0.05) is 10.6 Å². The number of nitrogens with zero attached hydrogens (tertiary/aromatic N) is 1. The molecule has 96 valence electrons. The number of anilines is 1. The van der Waals surface area contributed by atoms with Gasteiger partial charge in [0.2, 0.25) is 0 Å². The second-order valence-electron chi connectivity index (χ2n) is 3.93. The van der Waals surface area contributed by atoms with E-state index in [4.69, 9.17) is 11.0 Å². The Bertz CT molecular complexity index is 650. The summed E-state index contributed by atoms with van der Waals surface area (Å²) in [6.07, 6.45) is 0. The first-order valence-electron chi connectivity index (χ1n) is 5.46. The van der Waals surface area contributed by atoms with E-state index < -0.39 is 11.6 Å². The normalized spacial score (nSPS) is 10.2. The fourth-order valence-electron chi connectivity index (χ4n) is 1.56. The molecule has 0 fully saturated rings. The Morgan fingerprint density at radius 2 is 1.95 bits per heavy atom. The molecule has 0 aliphatic rings. The summed E-state index contributed by atoms with van der Waals surface area (Å²) in [5.74, 6) is -0.462. The van der Waals surface area contributed by atoms with E-state index in [-0.39, 0.29) is 11.3 Å². The van der Waals surface area contributed by atoms with Gasteiger partial charge in [-0.05, 0) is 42.0 Å². The first-order chi connectivity index (χ1) is 9.08. The van der Waals surface area contributed by atoms with Crippen LogP contribution in [-0.2, 0) is 5.75 Å². The lowest BCUT2D eigenvalue weighted by Gasteiger charge is -2.04. The molecule has 19 heavy (non-hydrogen) atoms. The molecule has 2 aromatic rings. The molecular formula is C14H10F2N2S. The SMILES string of the molecule is N#Cc1cc(F)cc(CSc2ccc(N)c(F)c2)c1. The molecule has 0 atom stereocenters. The van der Waals surface area contributed by atoms with Crippen LogP contribution in [0.5, 0.6) is 0 Å². The lowest BCUT2D eigenvalue weighted by atomic mass is 10.1. The molecular weight excluding hydrogens is 266 g/mol. The summed E-state index contributed by atoms with van der Waals surface area (Å²) in [5, 5.41) is 8.75. The highest BCUT2D eigenvalue weighted by Crippen LogP contribution is 2.26. The lowest BCUT2D eigenvalue weighted by molar-refractivity contribution is 0.626. The van der Waals surface area contributed by atoms with Crippen LogP contribution in [0.4, 0.5) is 14.5 Å². The van der Waals surface area contributed by atoms with E-state index in [1.807, 2.05) is 6.07 Å². The predicted molar refractivity (Wildman–Crippen MR) is 71.5 cm³/mol. The van der Waals surface area contributed by atoms with E-state index >= 15 is 0 Å². The number of nitrogen functional groups attached to an aromatic ring is 1. The number of nitrogens with two attached hydrogens (primary N) is 1. The lowest BCUT2D eigenvalue weighted by Crippen LogP contribution is -1.90. The summed E-state index contributed by atoms with van der Waals surface area (Å²) in [6.45, 7) is 0. The van der Waals surface area contributed by atoms with Gasteiger partial charge in [-0.2, -0.15) is 5.26 Å². The van der Waals surface area contributed by atoms with E-state index in [0.717, 1.165) is 0 Å². The quantitative estimate of drug-likeness (QED) is 0.686. The summed E-state index contributed by atoms with van der Waals surface area (Å²) in [5.41, 5.74) is 6.44. The molecule has 0 aliphatic heterocycles. The Balaban J connectivity index is 2.12. The number of halogens is 2. The van der Waals surface area contributed by atoms with E-state index in [1.54, 1.807) is 12.1 Å². The fourth-order valence-corrected chi connectivity index (χ4v) is 2.41. The van der Waals surface area contributed by atoms with Crippen molar-refractivity contribution in [2.24, 2.45) is 0 Å². The zero-order valence-electron chi connectivity index (χ0n) is 9.86. The van der Waals surface area contributed by atoms with Gasteiger partial charge in [-0.25, -0.2) is 8.78 Å². The topological polar surface area (TPSA) is 49.8 Å². The summed E-state index contributed by atoms with van der Waals surface area (Å²) >= 11 is 1.35. The predicted octanol–water partition coefficient (Wildman–Crippen LogP) is 3.71. The average Bonchev–Trinajstić information content (AvgIpc) is 2.39. The van der Waals surface area contributed by atoms with Crippen molar-refractivity contribution in [1.29, 1.82) is 5.26 Å². The van der Waals surface area contributed by atoms with Crippen molar-refractivity contribution >= 4 is 17.4 Å². The molecule has 0 aromatic heterocycles. The Morgan fingerprint density at radius 3 is 2.63 bits per heavy atom. The third kappa shape index (κ3) is 3.46. The van der Waals surface area contributed by atoms with Crippen molar-refractivity contribution in [1.82, 2.24) is 0 Å². The van der Waals surface area contributed by atoms with Crippen molar-refractivity contribution < 1.29 is 8.78 Å². The maximum absolute atomic E-state index is 13.2. The van der Waals surface area contributed by atoms with Crippen LogP contribution < -0.4 is 5.73 Å². The highest BCUT2D eigenvalue weighted by molar-refractivity contribution is 7.98. The molecule has 5 heteroatoms. The summed E-state index contributed by atoms with van der Waals surface area (Å²) < 4.78 is 26.5. The molecule has 2 N–H and O–H groups in total. The monoisotopic (exact) mass is 276 g/mol. The molecule has 2 rings (SSSR count). The standard InChI is InChI=1S/C14H10F2N2S/c15-11-4-9(7-17)3-10(5-11)8-19-12-1-2-14(18)13(16)6-12/h1-6H,8,18H2. The van der Waals surface area contributed by atoms with Gasteiger partial charge in [-0.1, -0.05) is 0 Å². The van der Waals surface area contributed by atoms with Crippen molar-refractivity contribution in [3.8, 4) is 6.07 Å². The summed E-state index contributed by atoms with van der Waals surface area (Å²) in [7, 11) is 0. The Kier molecular flexibility index (Phi) is 4.03. The Labute approximate surface area is 113 Å². The van der Waals surface area contributed by atoms with Gasteiger partial charge in [-0.15, -0.1) is 11.8 Å². The van der Waals surface area contributed by atoms with Crippen LogP contribution in [-0.4, -0.2) is 0 Å². The van der Waals surface area contributed by atoms with Crippen LogP contribution in [0.1, 0.15) is 11.1 Å². The van der Waals surface area contributed by atoms with E-state index in [9.17, 15) is 8.78 Å². The molecule has 0 amide bonds. The molecule has 0 spiro atoms. The van der Waals surface area contributed by atoms with E-state index in [0.29, 0.717) is 16.2 Å². The van der Waals surface area contributed by atoms with E-state index in [2.05, 4.69) is 0 Å². The number of nitriles is 1. The molecule has 0 unspecified atom stereocenters. The minimum atomic E-state index is -0.470. The maximum Gasteiger partial charge on any atom is 0.147 e. The number of benzene rings is 2. The largest absolute Gasteiger partial charge is 0.396 e. The van der Waals surface area contributed by atoms with Gasteiger partial charge >= 0.3 is 0 Å². The van der Waals surface area contributed by atoms with Crippen molar-refractivity contribution in [2.75, 3.05) is 5.73 Å².